The van der Waals surface area contributed by atoms with Gasteiger partial charge in [0.1, 0.15) is 18.7 Å². The van der Waals surface area contributed by atoms with E-state index < -0.39 is 0 Å². The van der Waals surface area contributed by atoms with E-state index in [1.165, 1.54) is 6.33 Å². The molecular weight excluding hydrogens is 332 g/mol. The van der Waals surface area contributed by atoms with E-state index in [0.717, 1.165) is 17.0 Å². The zero-order valence-electron chi connectivity index (χ0n) is 14.7. The van der Waals surface area contributed by atoms with Gasteiger partial charge in [0, 0.05) is 12.7 Å². The predicted molar refractivity (Wildman–Crippen MR) is 97.5 cm³/mol. The van der Waals surface area contributed by atoms with Gasteiger partial charge in [-0.15, -0.1) is 5.10 Å². The molecule has 8 nitrogen and oxygen atoms in total. The Bertz CT molecular complexity index is 851. The van der Waals surface area contributed by atoms with E-state index in [0.29, 0.717) is 18.8 Å². The number of benzene rings is 2. The fourth-order valence-corrected chi connectivity index (χ4v) is 2.34. The summed E-state index contributed by atoms with van der Waals surface area (Å²) in [4.78, 5) is 13.9. The highest BCUT2D eigenvalue weighted by Crippen LogP contribution is 2.18. The largest absolute Gasteiger partial charge is 0.492 e. The maximum atomic E-state index is 12.3. The molecule has 0 bridgehead atoms. The molecule has 0 unspecified atom stereocenters. The third-order valence-electron chi connectivity index (χ3n) is 3.84. The molecule has 0 aliphatic heterocycles. The summed E-state index contributed by atoms with van der Waals surface area (Å²) in [6.45, 7) is 2.83. The second-order valence-electron chi connectivity index (χ2n) is 5.77. The van der Waals surface area contributed by atoms with Gasteiger partial charge in [-0.1, -0.05) is 24.3 Å². The summed E-state index contributed by atoms with van der Waals surface area (Å²) in [6.07, 6.45) is 1.51. The molecule has 0 radical (unpaired) electrons. The molecule has 3 rings (SSSR count). The third kappa shape index (κ3) is 4.35. The van der Waals surface area contributed by atoms with Crippen LogP contribution in [0.2, 0.25) is 0 Å². The van der Waals surface area contributed by atoms with Crippen molar-refractivity contribution in [1.29, 1.82) is 0 Å². The van der Waals surface area contributed by atoms with E-state index in [1.54, 1.807) is 16.6 Å². The molecule has 1 N–H and O–H groups in total. The highest BCUT2D eigenvalue weighted by molar-refractivity contribution is 5.89. The van der Waals surface area contributed by atoms with Gasteiger partial charge in [-0.2, -0.15) is 0 Å². The van der Waals surface area contributed by atoms with Crippen molar-refractivity contribution >= 4 is 11.7 Å². The molecule has 8 heteroatoms. The second-order valence-corrected chi connectivity index (χ2v) is 5.77. The fourth-order valence-electron chi connectivity index (χ4n) is 2.34. The molecule has 26 heavy (non-hydrogen) atoms. The number of ether oxygens (including phenoxy) is 1. The molecule has 1 heterocycles. The molecular formula is C18H20N6O2. The smallest absolute Gasteiger partial charge is 0.321 e. The van der Waals surface area contributed by atoms with Crippen LogP contribution in [0.5, 0.6) is 5.75 Å². The van der Waals surface area contributed by atoms with Crippen LogP contribution in [0.25, 0.3) is 5.69 Å². The first kappa shape index (κ1) is 17.4. The molecule has 0 saturated heterocycles. The number of para-hydroxylation sites is 1. The molecule has 2 amide bonds. The first-order valence-corrected chi connectivity index (χ1v) is 8.17. The SMILES string of the molecule is Cc1ccc(NC(=O)N(C)CCOc2ccccc2)cc1-n1cnnn1. The van der Waals surface area contributed by atoms with Crippen molar-refractivity contribution in [3.63, 3.8) is 0 Å². The second kappa shape index (κ2) is 8.11. The molecule has 0 aliphatic rings. The lowest BCUT2D eigenvalue weighted by atomic mass is 10.2. The Balaban J connectivity index is 1.56. The number of aromatic nitrogens is 4. The van der Waals surface area contributed by atoms with Crippen molar-refractivity contribution in [3.05, 3.63) is 60.4 Å². The molecule has 3 aromatic rings. The molecule has 2 aromatic carbocycles. The van der Waals surface area contributed by atoms with Gasteiger partial charge < -0.3 is 15.0 Å². The number of hydrogen-bond donors (Lipinski definition) is 1. The topological polar surface area (TPSA) is 85.2 Å². The van der Waals surface area contributed by atoms with Crippen molar-refractivity contribution in [2.75, 3.05) is 25.5 Å². The normalized spacial score (nSPS) is 10.4. The van der Waals surface area contributed by atoms with Crippen molar-refractivity contribution in [3.8, 4) is 11.4 Å². The van der Waals surface area contributed by atoms with Crippen LogP contribution >= 0.6 is 0 Å². The number of anilines is 1. The van der Waals surface area contributed by atoms with E-state index >= 15 is 0 Å². The maximum Gasteiger partial charge on any atom is 0.321 e. The number of amides is 2. The Hall–Kier alpha value is -3.42. The summed E-state index contributed by atoms with van der Waals surface area (Å²) >= 11 is 0. The Morgan fingerprint density at radius 3 is 2.77 bits per heavy atom. The lowest BCUT2D eigenvalue weighted by Gasteiger charge is -2.18. The van der Waals surface area contributed by atoms with Crippen LogP contribution in [0.3, 0.4) is 0 Å². The van der Waals surface area contributed by atoms with Gasteiger partial charge in [-0.3, -0.25) is 0 Å². The summed E-state index contributed by atoms with van der Waals surface area (Å²) in [6, 6.07) is 14.9. The van der Waals surface area contributed by atoms with Gasteiger partial charge >= 0.3 is 6.03 Å². The zero-order chi connectivity index (χ0) is 18.4. The van der Waals surface area contributed by atoms with Crippen LogP contribution in [-0.4, -0.2) is 51.3 Å². The monoisotopic (exact) mass is 352 g/mol. The van der Waals surface area contributed by atoms with Crippen molar-refractivity contribution in [1.82, 2.24) is 25.1 Å². The summed E-state index contributed by atoms with van der Waals surface area (Å²) in [5, 5.41) is 14.0. The van der Waals surface area contributed by atoms with E-state index in [4.69, 9.17) is 4.74 Å². The van der Waals surface area contributed by atoms with Crippen LogP contribution in [0.15, 0.2) is 54.9 Å². The third-order valence-corrected chi connectivity index (χ3v) is 3.84. The summed E-state index contributed by atoms with van der Waals surface area (Å²) in [7, 11) is 1.72. The van der Waals surface area contributed by atoms with Crippen LogP contribution in [0.4, 0.5) is 10.5 Å². The molecule has 0 fully saturated rings. The number of rotatable bonds is 6. The first-order chi connectivity index (χ1) is 12.6. The Morgan fingerprint density at radius 2 is 2.04 bits per heavy atom. The highest BCUT2D eigenvalue weighted by Gasteiger charge is 2.11. The van der Waals surface area contributed by atoms with E-state index in [2.05, 4.69) is 20.8 Å². The minimum absolute atomic E-state index is 0.215. The molecule has 0 aliphatic carbocycles. The zero-order valence-corrected chi connectivity index (χ0v) is 14.7. The summed E-state index contributed by atoms with van der Waals surface area (Å²) in [5.74, 6) is 0.783. The maximum absolute atomic E-state index is 12.3. The molecule has 0 atom stereocenters. The molecule has 1 aromatic heterocycles. The van der Waals surface area contributed by atoms with E-state index in [-0.39, 0.29) is 6.03 Å². The number of tetrazole rings is 1. The Labute approximate surface area is 151 Å². The van der Waals surface area contributed by atoms with Gasteiger partial charge in [-0.25, -0.2) is 9.48 Å². The molecule has 0 spiro atoms. The number of urea groups is 1. The number of nitrogens with zero attached hydrogens (tertiary/aromatic N) is 5. The number of carbonyl (C=O) groups excluding carboxylic acids is 1. The first-order valence-electron chi connectivity index (χ1n) is 8.17. The fraction of sp³-hybridized carbons (Fsp3) is 0.222. The quantitative estimate of drug-likeness (QED) is 0.737. The number of aryl methyl sites for hydroxylation is 1. The number of likely N-dealkylation sites (N-methyl/N-ethyl adjacent to an activating group) is 1. The van der Waals surface area contributed by atoms with Gasteiger partial charge in [-0.05, 0) is 47.2 Å². The summed E-state index contributed by atoms with van der Waals surface area (Å²) < 4.78 is 7.17. The molecule has 134 valence electrons. The number of carbonyl (C=O) groups is 1. The van der Waals surface area contributed by atoms with Crippen LogP contribution < -0.4 is 10.1 Å². The average Bonchev–Trinajstić information content (AvgIpc) is 3.18. The van der Waals surface area contributed by atoms with Gasteiger partial charge in [0.25, 0.3) is 0 Å². The molecule has 0 saturated carbocycles. The lowest BCUT2D eigenvalue weighted by molar-refractivity contribution is 0.207. The average molecular weight is 352 g/mol. The van der Waals surface area contributed by atoms with Crippen molar-refractivity contribution in [2.45, 2.75) is 6.92 Å². The van der Waals surface area contributed by atoms with E-state index in [1.807, 2.05) is 55.5 Å². The van der Waals surface area contributed by atoms with Crippen LogP contribution in [0, 0.1) is 6.92 Å². The Morgan fingerprint density at radius 1 is 1.23 bits per heavy atom. The van der Waals surface area contributed by atoms with Crippen molar-refractivity contribution < 1.29 is 9.53 Å². The minimum atomic E-state index is -0.215. The van der Waals surface area contributed by atoms with Gasteiger partial charge in [0.05, 0.1) is 12.2 Å². The number of hydrogen-bond acceptors (Lipinski definition) is 5. The van der Waals surface area contributed by atoms with Crippen molar-refractivity contribution in [2.24, 2.45) is 0 Å². The standard InChI is InChI=1S/C18H20N6O2/c1-14-8-9-15(12-17(14)24-13-19-21-22-24)20-18(25)23(2)10-11-26-16-6-4-3-5-7-16/h3-9,12-13H,10-11H2,1-2H3,(H,20,25). The Kier molecular flexibility index (Phi) is 5.43. The van der Waals surface area contributed by atoms with Crippen LogP contribution in [-0.2, 0) is 0 Å². The lowest BCUT2D eigenvalue weighted by Crippen LogP contribution is -2.34. The van der Waals surface area contributed by atoms with Gasteiger partial charge in [0.15, 0.2) is 0 Å². The highest BCUT2D eigenvalue weighted by atomic mass is 16.5. The predicted octanol–water partition coefficient (Wildman–Crippen LogP) is 2.51. The minimum Gasteiger partial charge on any atom is -0.492 e. The van der Waals surface area contributed by atoms with E-state index in [9.17, 15) is 4.79 Å². The van der Waals surface area contributed by atoms with Crippen LogP contribution in [0.1, 0.15) is 5.56 Å². The van der Waals surface area contributed by atoms with Gasteiger partial charge in [0.2, 0.25) is 0 Å². The summed E-state index contributed by atoms with van der Waals surface area (Å²) in [5.41, 5.74) is 2.48. The number of nitrogens with one attached hydrogen (secondary N) is 1.